The predicted octanol–water partition coefficient (Wildman–Crippen LogP) is 4.92. The quantitative estimate of drug-likeness (QED) is 0.675. The third kappa shape index (κ3) is 5.91. The molecule has 126 valence electrons. The summed E-state index contributed by atoms with van der Waals surface area (Å²) in [5.74, 6) is 0.764. The molecule has 0 saturated carbocycles. The maximum Gasteiger partial charge on any atom is 0.234 e. The zero-order valence-corrected chi connectivity index (χ0v) is 14.5. The first-order valence-corrected chi connectivity index (χ1v) is 8.77. The van der Waals surface area contributed by atoms with Gasteiger partial charge in [-0.15, -0.1) is 11.8 Å². The lowest BCUT2D eigenvalue weighted by Gasteiger charge is -2.08. The summed E-state index contributed by atoms with van der Waals surface area (Å²) in [6, 6.07) is 11.7. The number of thioether (sulfide) groups is 1. The molecule has 0 atom stereocenters. The van der Waals surface area contributed by atoms with Gasteiger partial charge in [-0.1, -0.05) is 36.4 Å². The average Bonchev–Trinajstić information content (AvgIpc) is 2.55. The second-order valence-corrected chi connectivity index (χ2v) is 6.33. The number of hydrogen-bond acceptors (Lipinski definition) is 3. The standard InChI is InChI=1S/C18H17ClFNO2S/c1-2-8-23-16-5-3-4-15(10-16)21-18(22)12-24-11-13-6-7-14(19)9-17(13)20/h2-7,9-10H,1,8,11-12H2,(H,21,22). The lowest BCUT2D eigenvalue weighted by Crippen LogP contribution is -2.14. The Balaban J connectivity index is 1.81. The minimum atomic E-state index is -0.359. The van der Waals surface area contributed by atoms with Crippen molar-refractivity contribution in [1.29, 1.82) is 0 Å². The van der Waals surface area contributed by atoms with E-state index in [1.165, 1.54) is 17.8 Å². The van der Waals surface area contributed by atoms with Gasteiger partial charge in [0.1, 0.15) is 18.2 Å². The highest BCUT2D eigenvalue weighted by atomic mass is 35.5. The second kappa shape index (κ2) is 9.35. The smallest absolute Gasteiger partial charge is 0.234 e. The molecule has 0 aliphatic heterocycles. The Hall–Kier alpha value is -1.98. The summed E-state index contributed by atoms with van der Waals surface area (Å²) < 4.78 is 19.1. The summed E-state index contributed by atoms with van der Waals surface area (Å²) in [6.45, 7) is 3.99. The van der Waals surface area contributed by atoms with Crippen LogP contribution in [-0.2, 0) is 10.5 Å². The van der Waals surface area contributed by atoms with Gasteiger partial charge in [0.2, 0.25) is 5.91 Å². The molecule has 0 aliphatic rings. The molecule has 0 radical (unpaired) electrons. The number of amides is 1. The molecular formula is C18H17ClFNO2S. The van der Waals surface area contributed by atoms with Gasteiger partial charge < -0.3 is 10.1 Å². The maximum absolute atomic E-state index is 13.6. The number of nitrogens with one attached hydrogen (secondary N) is 1. The van der Waals surface area contributed by atoms with Crippen molar-refractivity contribution in [3.63, 3.8) is 0 Å². The molecule has 0 unspecified atom stereocenters. The number of halogens is 2. The van der Waals surface area contributed by atoms with Gasteiger partial charge in [-0.2, -0.15) is 0 Å². The van der Waals surface area contributed by atoms with E-state index in [1.807, 2.05) is 0 Å². The Morgan fingerprint density at radius 2 is 2.17 bits per heavy atom. The molecule has 0 aliphatic carbocycles. The normalized spacial score (nSPS) is 10.2. The Bertz CT molecular complexity index is 724. The molecular weight excluding hydrogens is 349 g/mol. The van der Waals surface area contributed by atoms with Crippen LogP contribution < -0.4 is 10.1 Å². The highest BCUT2D eigenvalue weighted by Crippen LogP contribution is 2.20. The van der Waals surface area contributed by atoms with Crippen molar-refractivity contribution in [3.05, 3.63) is 71.5 Å². The van der Waals surface area contributed by atoms with Crippen molar-refractivity contribution >= 4 is 35.0 Å². The van der Waals surface area contributed by atoms with E-state index in [1.54, 1.807) is 42.5 Å². The van der Waals surface area contributed by atoms with Crippen molar-refractivity contribution in [2.45, 2.75) is 5.75 Å². The molecule has 0 bridgehead atoms. The van der Waals surface area contributed by atoms with Crippen LogP contribution in [-0.4, -0.2) is 18.3 Å². The van der Waals surface area contributed by atoms with E-state index < -0.39 is 0 Å². The molecule has 1 N–H and O–H groups in total. The number of benzene rings is 2. The van der Waals surface area contributed by atoms with E-state index in [4.69, 9.17) is 16.3 Å². The number of hydrogen-bond donors (Lipinski definition) is 1. The van der Waals surface area contributed by atoms with Gasteiger partial charge in [0, 0.05) is 22.5 Å². The molecule has 1 amide bonds. The molecule has 0 fully saturated rings. The Labute approximate surface area is 149 Å². The molecule has 0 spiro atoms. The molecule has 2 rings (SSSR count). The summed E-state index contributed by atoms with van der Waals surface area (Å²) in [6.07, 6.45) is 1.65. The molecule has 2 aromatic rings. The van der Waals surface area contributed by atoms with Crippen molar-refractivity contribution in [2.75, 3.05) is 17.7 Å². The highest BCUT2D eigenvalue weighted by Gasteiger charge is 2.07. The van der Waals surface area contributed by atoms with Crippen molar-refractivity contribution in [3.8, 4) is 5.75 Å². The van der Waals surface area contributed by atoms with Crippen molar-refractivity contribution < 1.29 is 13.9 Å². The monoisotopic (exact) mass is 365 g/mol. The predicted molar refractivity (Wildman–Crippen MR) is 98.3 cm³/mol. The van der Waals surface area contributed by atoms with Crippen LogP contribution in [0, 0.1) is 5.82 Å². The van der Waals surface area contributed by atoms with E-state index in [2.05, 4.69) is 11.9 Å². The Morgan fingerprint density at radius 3 is 2.92 bits per heavy atom. The topological polar surface area (TPSA) is 38.3 Å². The van der Waals surface area contributed by atoms with E-state index in [0.29, 0.717) is 34.4 Å². The van der Waals surface area contributed by atoms with E-state index in [9.17, 15) is 9.18 Å². The summed E-state index contributed by atoms with van der Waals surface area (Å²) in [7, 11) is 0. The van der Waals surface area contributed by atoms with Crippen molar-refractivity contribution in [1.82, 2.24) is 0 Å². The minimum absolute atomic E-state index is 0.157. The highest BCUT2D eigenvalue weighted by molar-refractivity contribution is 7.99. The van der Waals surface area contributed by atoms with Gasteiger partial charge in [-0.05, 0) is 29.8 Å². The first-order chi connectivity index (χ1) is 11.6. The summed E-state index contributed by atoms with van der Waals surface area (Å²) in [5, 5.41) is 3.15. The molecule has 0 aromatic heterocycles. The van der Waals surface area contributed by atoms with Crippen LogP contribution >= 0.6 is 23.4 Å². The van der Waals surface area contributed by atoms with Gasteiger partial charge in [-0.25, -0.2) is 4.39 Å². The van der Waals surface area contributed by atoms with Gasteiger partial charge >= 0.3 is 0 Å². The molecule has 2 aromatic carbocycles. The van der Waals surface area contributed by atoms with Crippen LogP contribution in [0.2, 0.25) is 5.02 Å². The lowest BCUT2D eigenvalue weighted by molar-refractivity contribution is -0.113. The van der Waals surface area contributed by atoms with Crippen LogP contribution in [0.15, 0.2) is 55.1 Å². The number of carbonyl (C=O) groups excluding carboxylic acids is 1. The third-order valence-electron chi connectivity index (χ3n) is 2.99. The fourth-order valence-electron chi connectivity index (χ4n) is 1.91. The third-order valence-corrected chi connectivity index (χ3v) is 4.21. The van der Waals surface area contributed by atoms with E-state index in [-0.39, 0.29) is 17.5 Å². The summed E-state index contributed by atoms with van der Waals surface area (Å²) in [5.41, 5.74) is 1.18. The van der Waals surface area contributed by atoms with Gasteiger partial charge in [0.05, 0.1) is 5.75 Å². The minimum Gasteiger partial charge on any atom is -0.489 e. The van der Waals surface area contributed by atoms with Gasteiger partial charge in [0.15, 0.2) is 0 Å². The number of carbonyl (C=O) groups is 1. The number of rotatable bonds is 8. The van der Waals surface area contributed by atoms with Gasteiger partial charge in [0.25, 0.3) is 0 Å². The molecule has 6 heteroatoms. The van der Waals surface area contributed by atoms with Crippen LogP contribution in [0.4, 0.5) is 10.1 Å². The molecule has 3 nitrogen and oxygen atoms in total. The Kier molecular flexibility index (Phi) is 7.15. The zero-order valence-electron chi connectivity index (χ0n) is 12.9. The van der Waals surface area contributed by atoms with Crippen LogP contribution in [0.3, 0.4) is 0 Å². The first kappa shape index (κ1) is 18.4. The number of anilines is 1. The summed E-state index contributed by atoms with van der Waals surface area (Å²) in [4.78, 5) is 12.0. The van der Waals surface area contributed by atoms with Gasteiger partial charge in [-0.3, -0.25) is 4.79 Å². The van der Waals surface area contributed by atoms with Crippen molar-refractivity contribution in [2.24, 2.45) is 0 Å². The average molecular weight is 366 g/mol. The first-order valence-electron chi connectivity index (χ1n) is 7.24. The summed E-state index contributed by atoms with van der Waals surface area (Å²) >= 11 is 7.04. The largest absolute Gasteiger partial charge is 0.489 e. The fraction of sp³-hybridized carbons (Fsp3) is 0.167. The molecule has 24 heavy (non-hydrogen) atoms. The Morgan fingerprint density at radius 1 is 1.33 bits per heavy atom. The van der Waals surface area contributed by atoms with Crippen LogP contribution in [0.25, 0.3) is 0 Å². The lowest BCUT2D eigenvalue weighted by atomic mass is 10.2. The maximum atomic E-state index is 13.6. The number of ether oxygens (including phenoxy) is 1. The molecule has 0 heterocycles. The van der Waals surface area contributed by atoms with Crippen LogP contribution in [0.5, 0.6) is 5.75 Å². The van der Waals surface area contributed by atoms with E-state index in [0.717, 1.165) is 0 Å². The van der Waals surface area contributed by atoms with Crippen LogP contribution in [0.1, 0.15) is 5.56 Å². The molecule has 0 saturated heterocycles. The fourth-order valence-corrected chi connectivity index (χ4v) is 2.88. The van der Waals surface area contributed by atoms with E-state index >= 15 is 0 Å². The second-order valence-electron chi connectivity index (χ2n) is 4.90. The zero-order chi connectivity index (χ0) is 17.4. The SMILES string of the molecule is C=CCOc1cccc(NC(=O)CSCc2ccc(Cl)cc2F)c1.